The smallest absolute Gasteiger partial charge is 0.193 e. The molecule has 0 saturated carbocycles. The SMILES string of the molecule is CN=C(NCCCN1CCN(c2ccccc2)CC1)N1CCN(Cc2ccon2)CC1.I. The standard InChI is InChI=1S/C23H35N7O.HI/c1-24-23(30-17-13-28(14-18-30)20-21-8-19-31-26-21)25-9-5-10-27-11-15-29(16-12-27)22-6-3-2-4-7-22;/h2-4,6-8,19H,5,9-18,20H2,1H3,(H,24,25);1H. The molecule has 0 spiro atoms. The topological polar surface area (TPSA) is 63.4 Å². The first kappa shape index (κ1) is 24.8. The second-order valence-electron chi connectivity index (χ2n) is 8.25. The summed E-state index contributed by atoms with van der Waals surface area (Å²) >= 11 is 0. The van der Waals surface area contributed by atoms with Crippen molar-refractivity contribution >= 4 is 35.6 Å². The van der Waals surface area contributed by atoms with Crippen LogP contribution in [0.1, 0.15) is 12.1 Å². The number of halogens is 1. The van der Waals surface area contributed by atoms with Crippen LogP contribution in [-0.4, -0.2) is 98.3 Å². The first-order valence-corrected chi connectivity index (χ1v) is 11.4. The number of rotatable bonds is 7. The summed E-state index contributed by atoms with van der Waals surface area (Å²) < 4.78 is 4.93. The summed E-state index contributed by atoms with van der Waals surface area (Å²) in [5, 5.41) is 7.58. The first-order valence-electron chi connectivity index (χ1n) is 11.4. The lowest BCUT2D eigenvalue weighted by molar-refractivity contribution is 0.169. The second kappa shape index (κ2) is 13.0. The van der Waals surface area contributed by atoms with E-state index in [1.165, 1.54) is 5.69 Å². The third kappa shape index (κ3) is 7.08. The van der Waals surface area contributed by atoms with Crippen molar-refractivity contribution in [1.82, 2.24) is 25.2 Å². The van der Waals surface area contributed by atoms with E-state index in [1.807, 2.05) is 13.1 Å². The lowest BCUT2D eigenvalue weighted by Crippen LogP contribution is -2.52. The van der Waals surface area contributed by atoms with Gasteiger partial charge in [0.15, 0.2) is 5.96 Å². The molecule has 2 aliphatic heterocycles. The highest BCUT2D eigenvalue weighted by Gasteiger charge is 2.20. The van der Waals surface area contributed by atoms with Gasteiger partial charge in [-0.2, -0.15) is 0 Å². The molecule has 0 radical (unpaired) electrons. The van der Waals surface area contributed by atoms with E-state index < -0.39 is 0 Å². The number of nitrogens with zero attached hydrogens (tertiary/aromatic N) is 6. The van der Waals surface area contributed by atoms with E-state index in [9.17, 15) is 0 Å². The van der Waals surface area contributed by atoms with E-state index in [2.05, 4.69) is 65.4 Å². The van der Waals surface area contributed by atoms with Crippen LogP contribution in [0.25, 0.3) is 0 Å². The number of piperazine rings is 2. The fourth-order valence-electron chi connectivity index (χ4n) is 4.37. The maximum absolute atomic E-state index is 4.93. The average molecular weight is 553 g/mol. The van der Waals surface area contributed by atoms with Gasteiger partial charge in [0.25, 0.3) is 0 Å². The molecule has 2 aromatic rings. The fraction of sp³-hybridized carbons (Fsp3) is 0.565. The number of aliphatic imine (C=N–C) groups is 1. The molecule has 1 N–H and O–H groups in total. The monoisotopic (exact) mass is 553 g/mol. The Balaban J connectivity index is 0.00000289. The molecule has 1 aromatic carbocycles. The Labute approximate surface area is 208 Å². The average Bonchev–Trinajstić information content (AvgIpc) is 3.34. The summed E-state index contributed by atoms with van der Waals surface area (Å²) in [6.07, 6.45) is 2.77. The number of para-hydroxylation sites is 1. The normalized spacial score (nSPS) is 18.5. The number of aromatic nitrogens is 1. The Kier molecular flexibility index (Phi) is 10.1. The molecule has 9 heteroatoms. The van der Waals surface area contributed by atoms with Crippen LogP contribution in [0.3, 0.4) is 0 Å². The van der Waals surface area contributed by atoms with Crippen LogP contribution >= 0.6 is 24.0 Å². The van der Waals surface area contributed by atoms with E-state index in [-0.39, 0.29) is 24.0 Å². The molecule has 0 unspecified atom stereocenters. The molecule has 0 bridgehead atoms. The quantitative estimate of drug-likeness (QED) is 0.244. The Morgan fingerprint density at radius 3 is 2.34 bits per heavy atom. The van der Waals surface area contributed by atoms with Gasteiger partial charge >= 0.3 is 0 Å². The zero-order chi connectivity index (χ0) is 21.3. The van der Waals surface area contributed by atoms with Crippen molar-refractivity contribution in [1.29, 1.82) is 0 Å². The van der Waals surface area contributed by atoms with E-state index in [4.69, 9.17) is 4.52 Å². The first-order chi connectivity index (χ1) is 15.3. The van der Waals surface area contributed by atoms with Gasteiger partial charge in [-0.05, 0) is 25.1 Å². The van der Waals surface area contributed by atoms with Crippen molar-refractivity contribution in [3.63, 3.8) is 0 Å². The number of hydrogen-bond donors (Lipinski definition) is 1. The van der Waals surface area contributed by atoms with Crippen molar-refractivity contribution in [2.45, 2.75) is 13.0 Å². The van der Waals surface area contributed by atoms with Crippen molar-refractivity contribution in [3.05, 3.63) is 48.4 Å². The molecule has 4 rings (SSSR count). The van der Waals surface area contributed by atoms with Crippen LogP contribution in [0.5, 0.6) is 0 Å². The Morgan fingerprint density at radius 2 is 1.69 bits per heavy atom. The third-order valence-electron chi connectivity index (χ3n) is 6.19. The summed E-state index contributed by atoms with van der Waals surface area (Å²) in [7, 11) is 1.88. The highest BCUT2D eigenvalue weighted by molar-refractivity contribution is 14.0. The van der Waals surface area contributed by atoms with Gasteiger partial charge in [0.2, 0.25) is 0 Å². The summed E-state index contributed by atoms with van der Waals surface area (Å²) in [6, 6.07) is 12.7. The number of guanidine groups is 1. The largest absolute Gasteiger partial charge is 0.369 e. The fourth-order valence-corrected chi connectivity index (χ4v) is 4.37. The molecule has 2 fully saturated rings. The Bertz CT molecular complexity index is 786. The van der Waals surface area contributed by atoms with Crippen LogP contribution in [0.2, 0.25) is 0 Å². The zero-order valence-corrected chi connectivity index (χ0v) is 21.4. The Hall–Kier alpha value is -1.85. The van der Waals surface area contributed by atoms with Crippen LogP contribution in [0.15, 0.2) is 52.2 Å². The summed E-state index contributed by atoms with van der Waals surface area (Å²) in [5.74, 6) is 1.02. The van der Waals surface area contributed by atoms with E-state index in [0.29, 0.717) is 0 Å². The van der Waals surface area contributed by atoms with Crippen LogP contribution in [0.4, 0.5) is 5.69 Å². The predicted octanol–water partition coefficient (Wildman–Crippen LogP) is 2.20. The molecule has 8 nitrogen and oxygen atoms in total. The van der Waals surface area contributed by atoms with E-state index in [0.717, 1.165) is 90.1 Å². The van der Waals surface area contributed by atoms with Gasteiger partial charge in [0, 0.05) is 84.2 Å². The lowest BCUT2D eigenvalue weighted by Gasteiger charge is -2.37. The molecule has 2 aliphatic rings. The predicted molar refractivity (Wildman–Crippen MR) is 140 cm³/mol. The van der Waals surface area contributed by atoms with Crippen molar-refractivity contribution in [3.8, 4) is 0 Å². The van der Waals surface area contributed by atoms with Crippen LogP contribution in [-0.2, 0) is 6.54 Å². The Morgan fingerprint density at radius 1 is 0.969 bits per heavy atom. The molecule has 0 aliphatic carbocycles. The van der Waals surface area contributed by atoms with Crippen molar-refractivity contribution in [2.75, 3.05) is 77.4 Å². The molecule has 1 aromatic heterocycles. The summed E-state index contributed by atoms with van der Waals surface area (Å²) in [6.45, 7) is 11.4. The highest BCUT2D eigenvalue weighted by atomic mass is 127. The second-order valence-corrected chi connectivity index (χ2v) is 8.25. The van der Waals surface area contributed by atoms with Gasteiger partial charge in [-0.3, -0.25) is 14.8 Å². The molecular formula is C23H36IN7O. The number of hydrogen-bond acceptors (Lipinski definition) is 6. The van der Waals surface area contributed by atoms with Crippen molar-refractivity contribution < 1.29 is 4.52 Å². The number of benzene rings is 1. The molecular weight excluding hydrogens is 517 g/mol. The molecule has 0 amide bonds. The minimum Gasteiger partial charge on any atom is -0.369 e. The molecule has 176 valence electrons. The van der Waals surface area contributed by atoms with Gasteiger partial charge in [-0.15, -0.1) is 24.0 Å². The maximum atomic E-state index is 4.93. The summed E-state index contributed by atoms with van der Waals surface area (Å²) in [5.41, 5.74) is 2.34. The van der Waals surface area contributed by atoms with Gasteiger partial charge < -0.3 is 19.6 Å². The van der Waals surface area contributed by atoms with E-state index in [1.54, 1.807) is 6.26 Å². The zero-order valence-electron chi connectivity index (χ0n) is 19.0. The summed E-state index contributed by atoms with van der Waals surface area (Å²) in [4.78, 5) is 14.3. The van der Waals surface area contributed by atoms with Gasteiger partial charge in [0.05, 0.1) is 5.69 Å². The van der Waals surface area contributed by atoms with Gasteiger partial charge in [-0.1, -0.05) is 23.4 Å². The van der Waals surface area contributed by atoms with Crippen LogP contribution < -0.4 is 10.2 Å². The van der Waals surface area contributed by atoms with Crippen LogP contribution in [0, 0.1) is 0 Å². The maximum Gasteiger partial charge on any atom is 0.193 e. The number of nitrogens with one attached hydrogen (secondary N) is 1. The molecule has 32 heavy (non-hydrogen) atoms. The van der Waals surface area contributed by atoms with Crippen molar-refractivity contribution in [2.24, 2.45) is 4.99 Å². The molecule has 0 atom stereocenters. The van der Waals surface area contributed by atoms with Gasteiger partial charge in [-0.25, -0.2) is 0 Å². The molecule has 3 heterocycles. The minimum absolute atomic E-state index is 0. The molecule has 2 saturated heterocycles. The highest BCUT2D eigenvalue weighted by Crippen LogP contribution is 2.15. The lowest BCUT2D eigenvalue weighted by atomic mass is 10.2. The minimum atomic E-state index is 0. The van der Waals surface area contributed by atoms with E-state index >= 15 is 0 Å². The third-order valence-corrected chi connectivity index (χ3v) is 6.19. The van der Waals surface area contributed by atoms with Gasteiger partial charge in [0.1, 0.15) is 6.26 Å². The number of anilines is 1.